The highest BCUT2D eigenvalue weighted by atomic mass is 32.2. The van der Waals surface area contributed by atoms with E-state index in [4.69, 9.17) is 10.2 Å². The molecule has 1 spiro atoms. The van der Waals surface area contributed by atoms with Crippen molar-refractivity contribution in [1.29, 1.82) is 0 Å². The van der Waals surface area contributed by atoms with Crippen LogP contribution < -0.4 is 0 Å². The minimum absolute atomic E-state index is 0.343. The Labute approximate surface area is 181 Å². The Bertz CT molecular complexity index is 986. The normalized spacial score (nSPS) is 20.0. The van der Waals surface area contributed by atoms with Crippen LogP contribution >= 0.6 is 23.5 Å². The van der Waals surface area contributed by atoms with Gasteiger partial charge in [0.1, 0.15) is 11.4 Å². The van der Waals surface area contributed by atoms with Crippen molar-refractivity contribution in [3.8, 4) is 0 Å². The molecule has 6 heteroatoms. The third kappa shape index (κ3) is 3.25. The van der Waals surface area contributed by atoms with Crippen LogP contribution in [0.15, 0.2) is 44.3 Å². The van der Waals surface area contributed by atoms with Gasteiger partial charge in [0.05, 0.1) is 9.79 Å². The lowest BCUT2D eigenvalue weighted by molar-refractivity contribution is -0.819. The van der Waals surface area contributed by atoms with Crippen LogP contribution in [0.25, 0.3) is 0 Å². The predicted molar refractivity (Wildman–Crippen MR) is 119 cm³/mol. The van der Waals surface area contributed by atoms with Gasteiger partial charge in [-0.2, -0.15) is 0 Å². The fraction of sp³-hybridized carbons (Fsp3) is 0.478. The van der Waals surface area contributed by atoms with Crippen LogP contribution in [0.5, 0.6) is 0 Å². The quantitative estimate of drug-likeness (QED) is 0.418. The Morgan fingerprint density at radius 2 is 1.14 bits per heavy atom. The van der Waals surface area contributed by atoms with Crippen LogP contribution in [0.3, 0.4) is 0 Å². The van der Waals surface area contributed by atoms with Crippen molar-refractivity contribution >= 4 is 34.9 Å². The second kappa shape index (κ2) is 7.24. The van der Waals surface area contributed by atoms with Gasteiger partial charge in [-0.25, -0.2) is 0 Å². The molecule has 0 aromatic heterocycles. The summed E-state index contributed by atoms with van der Waals surface area (Å²) in [4.78, 5) is 2.60. The molecule has 5 rings (SSSR count). The Hall–Kier alpha value is -1.66. The van der Waals surface area contributed by atoms with Crippen molar-refractivity contribution in [3.05, 3.63) is 46.5 Å². The van der Waals surface area contributed by atoms with E-state index in [2.05, 4.69) is 61.4 Å². The number of azo groups is 4. The summed E-state index contributed by atoms with van der Waals surface area (Å²) in [5, 5.41) is 10.4. The van der Waals surface area contributed by atoms with Gasteiger partial charge in [-0.3, -0.25) is 0 Å². The molecule has 0 unspecified atom stereocenters. The second-order valence-electron chi connectivity index (χ2n) is 8.47. The van der Waals surface area contributed by atoms with Crippen molar-refractivity contribution in [3.63, 3.8) is 0 Å². The van der Waals surface area contributed by atoms with E-state index < -0.39 is 0 Å². The molecule has 1 saturated heterocycles. The highest BCUT2D eigenvalue weighted by Gasteiger charge is 2.63. The first-order valence-electron chi connectivity index (χ1n) is 10.6. The fourth-order valence-electron chi connectivity index (χ4n) is 4.55. The monoisotopic (exact) mass is 424 g/mol. The maximum absolute atomic E-state index is 5.22. The van der Waals surface area contributed by atoms with Crippen molar-refractivity contribution in [2.24, 2.45) is 10.2 Å². The molecule has 2 aromatic carbocycles. The number of nitrogens with zero attached hydrogens (tertiary/aromatic N) is 4. The van der Waals surface area contributed by atoms with Gasteiger partial charge < -0.3 is 0 Å². The van der Waals surface area contributed by atoms with Crippen molar-refractivity contribution in [2.75, 3.05) is 13.1 Å². The zero-order chi connectivity index (χ0) is 20.2. The van der Waals surface area contributed by atoms with Crippen LogP contribution in [-0.2, 0) is 0 Å². The fourth-order valence-corrected chi connectivity index (χ4v) is 7.55. The number of hydrogen-bond donors (Lipinski definition) is 0. The van der Waals surface area contributed by atoms with Crippen molar-refractivity contribution in [2.45, 2.75) is 67.5 Å². The molecule has 29 heavy (non-hydrogen) atoms. The molecule has 0 saturated carbocycles. The van der Waals surface area contributed by atoms with E-state index in [1.807, 2.05) is 23.5 Å². The maximum atomic E-state index is 5.22. The highest BCUT2D eigenvalue weighted by molar-refractivity contribution is 8.17. The number of benzene rings is 2. The Kier molecular flexibility index (Phi) is 4.82. The molecule has 0 amide bonds. The Balaban J connectivity index is 1.74. The molecule has 0 N–H and O–H groups in total. The number of thioether (sulfide) groups is 2. The molecule has 150 valence electrons. The number of rotatable bonds is 0. The predicted octanol–water partition coefficient (Wildman–Crippen LogP) is 7.21. The van der Waals surface area contributed by atoms with Gasteiger partial charge in [0.25, 0.3) is 0 Å². The SMILES string of the molecule is Cc1cc(C)c2c(c1)N=[N+]1CCCCCC[N+]3=Nc4cc(C)cc(C)c4SC13S2. The third-order valence-electron chi connectivity index (χ3n) is 5.87. The Morgan fingerprint density at radius 1 is 0.690 bits per heavy atom. The summed E-state index contributed by atoms with van der Waals surface area (Å²) in [6, 6.07) is 9.01. The zero-order valence-electron chi connectivity index (χ0n) is 17.7. The maximum Gasteiger partial charge on any atom is 0.505 e. The van der Waals surface area contributed by atoms with Crippen LogP contribution in [0.4, 0.5) is 11.4 Å². The molecule has 4 nitrogen and oxygen atoms in total. The van der Waals surface area contributed by atoms with E-state index in [1.54, 1.807) is 0 Å². The molecule has 0 atom stereocenters. The molecule has 0 bridgehead atoms. The summed E-state index contributed by atoms with van der Waals surface area (Å²) in [6.07, 6.45) is 4.88. The van der Waals surface area contributed by atoms with Crippen LogP contribution in [0, 0.1) is 27.7 Å². The lowest BCUT2D eigenvalue weighted by Crippen LogP contribution is -2.48. The second-order valence-corrected chi connectivity index (χ2v) is 11.1. The molecule has 1 fully saturated rings. The smallest absolute Gasteiger partial charge is 0.0551 e. The topological polar surface area (TPSA) is 30.7 Å². The summed E-state index contributed by atoms with van der Waals surface area (Å²) >= 11 is 3.89. The molecule has 0 radical (unpaired) electrons. The highest BCUT2D eigenvalue weighted by Crippen LogP contribution is 2.58. The lowest BCUT2D eigenvalue weighted by atomic mass is 10.1. The van der Waals surface area contributed by atoms with E-state index >= 15 is 0 Å². The number of aryl methyl sites for hydroxylation is 4. The molecule has 3 aliphatic heterocycles. The van der Waals surface area contributed by atoms with Gasteiger partial charge >= 0.3 is 4.33 Å². The van der Waals surface area contributed by atoms with E-state index in [0.29, 0.717) is 0 Å². The van der Waals surface area contributed by atoms with E-state index in [9.17, 15) is 0 Å². The molecular weight excluding hydrogens is 396 g/mol. The van der Waals surface area contributed by atoms with Gasteiger partial charge in [0.15, 0.2) is 13.1 Å². The molecular formula is C23H28N4S2+2. The number of fused-ring (bicyclic) bond motifs is 2. The Morgan fingerprint density at radius 3 is 1.59 bits per heavy atom. The molecule has 2 aromatic rings. The summed E-state index contributed by atoms with van der Waals surface area (Å²) in [5.41, 5.74) is 7.42. The van der Waals surface area contributed by atoms with E-state index in [1.165, 1.54) is 57.7 Å². The van der Waals surface area contributed by atoms with E-state index in [0.717, 1.165) is 24.5 Å². The van der Waals surface area contributed by atoms with Crippen molar-refractivity contribution < 1.29 is 9.39 Å². The molecule has 0 aliphatic carbocycles. The first kappa shape index (κ1) is 19.3. The average Bonchev–Trinajstić information content (AvgIpc) is 2.74. The zero-order valence-corrected chi connectivity index (χ0v) is 19.3. The van der Waals surface area contributed by atoms with Gasteiger partial charge in [-0.05, 0) is 84.3 Å². The van der Waals surface area contributed by atoms with E-state index in [-0.39, 0.29) is 4.33 Å². The minimum atomic E-state index is -0.343. The van der Waals surface area contributed by atoms with Gasteiger partial charge in [-0.1, -0.05) is 12.1 Å². The summed E-state index contributed by atoms with van der Waals surface area (Å²) in [6.45, 7) is 10.7. The number of hydrogen-bond acceptors (Lipinski definition) is 4. The molecule has 3 aliphatic rings. The largest absolute Gasteiger partial charge is 0.505 e. The summed E-state index contributed by atoms with van der Waals surface area (Å²) in [7, 11) is 0. The van der Waals surface area contributed by atoms with Crippen molar-refractivity contribution in [1.82, 2.24) is 0 Å². The third-order valence-corrected chi connectivity index (χ3v) is 9.21. The van der Waals surface area contributed by atoms with Gasteiger partial charge in [-0.15, -0.1) is 0 Å². The summed E-state index contributed by atoms with van der Waals surface area (Å²) in [5.74, 6) is 0. The average molecular weight is 425 g/mol. The van der Waals surface area contributed by atoms with Crippen LogP contribution in [0.2, 0.25) is 0 Å². The van der Waals surface area contributed by atoms with Crippen LogP contribution in [0.1, 0.15) is 47.9 Å². The first-order valence-corrected chi connectivity index (χ1v) is 12.2. The first-order chi connectivity index (χ1) is 14.0. The van der Waals surface area contributed by atoms with Crippen LogP contribution in [-0.4, -0.2) is 26.8 Å². The lowest BCUT2D eigenvalue weighted by Gasteiger charge is -2.29. The molecule has 3 heterocycles. The van der Waals surface area contributed by atoms with Gasteiger partial charge in [0.2, 0.25) is 0 Å². The van der Waals surface area contributed by atoms with Gasteiger partial charge in [0, 0.05) is 46.6 Å². The minimum Gasteiger partial charge on any atom is -0.0551 e. The standard InChI is InChI=1S/C23H28N4S2/c1-15-11-17(3)21-19(13-15)24-26-9-7-5-6-8-10-27-23(26,28-21)29-22-18(4)12-16(2)14-20(22)25-27/h11-14H,5-10H2,1-4H3/q+2. The summed E-state index contributed by atoms with van der Waals surface area (Å²) < 4.78 is 4.32.